The Kier molecular flexibility index (Phi) is 2.21. The van der Waals surface area contributed by atoms with Crippen LogP contribution in [0.15, 0.2) is 43.0 Å². The summed E-state index contributed by atoms with van der Waals surface area (Å²) in [6.45, 7) is 5.56. The van der Waals surface area contributed by atoms with Crippen LogP contribution in [0.5, 0.6) is 0 Å². The van der Waals surface area contributed by atoms with Crippen molar-refractivity contribution in [3.8, 4) is 0 Å². The van der Waals surface area contributed by atoms with Crippen LogP contribution >= 0.6 is 0 Å². The Morgan fingerprint density at radius 3 is 2.94 bits per heavy atom. The van der Waals surface area contributed by atoms with E-state index in [1.807, 2.05) is 12.5 Å². The molecule has 1 atom stereocenters. The maximum Gasteiger partial charge on any atom is 0.0951 e. The van der Waals surface area contributed by atoms with E-state index in [4.69, 9.17) is 0 Å². The molecule has 3 rings (SSSR count). The van der Waals surface area contributed by atoms with E-state index in [1.54, 1.807) is 0 Å². The van der Waals surface area contributed by atoms with Gasteiger partial charge >= 0.3 is 0 Å². The number of fused-ring (bicyclic) bond motifs is 1. The summed E-state index contributed by atoms with van der Waals surface area (Å²) >= 11 is 0. The molecule has 2 aromatic rings. The summed E-state index contributed by atoms with van der Waals surface area (Å²) in [5.74, 6) is 0. The molecule has 88 valence electrons. The van der Waals surface area contributed by atoms with Gasteiger partial charge in [-0.05, 0) is 11.6 Å². The first-order chi connectivity index (χ1) is 8.18. The number of hydrogen-bond acceptors (Lipinski definition) is 2. The number of para-hydroxylation sites is 1. The topological polar surface area (TPSA) is 29.9 Å². The van der Waals surface area contributed by atoms with E-state index in [9.17, 15) is 0 Å². The van der Waals surface area contributed by atoms with Crippen LogP contribution in [-0.4, -0.2) is 16.1 Å². The molecule has 1 unspecified atom stereocenters. The molecular formula is C14H17N3. The first-order valence-electron chi connectivity index (χ1n) is 5.99. The van der Waals surface area contributed by atoms with Gasteiger partial charge in [-0.15, -0.1) is 0 Å². The molecule has 0 radical (unpaired) electrons. The van der Waals surface area contributed by atoms with Gasteiger partial charge in [0, 0.05) is 30.0 Å². The first kappa shape index (κ1) is 10.4. The number of benzene rings is 1. The Bertz CT molecular complexity index is 514. The molecule has 1 aliphatic rings. The lowest BCUT2D eigenvalue weighted by molar-refractivity contribution is 0.262. The number of nitrogens with one attached hydrogen (secondary N) is 1. The summed E-state index contributed by atoms with van der Waals surface area (Å²) in [7, 11) is 0. The fraction of sp³-hybridized carbons (Fsp3) is 0.357. The van der Waals surface area contributed by atoms with Crippen molar-refractivity contribution in [1.29, 1.82) is 0 Å². The van der Waals surface area contributed by atoms with Crippen LogP contribution in [-0.2, 0) is 0 Å². The van der Waals surface area contributed by atoms with Crippen LogP contribution in [0.3, 0.4) is 0 Å². The van der Waals surface area contributed by atoms with E-state index in [2.05, 4.69) is 59.2 Å². The normalized spacial score (nSPS) is 21.6. The zero-order valence-electron chi connectivity index (χ0n) is 10.2. The fourth-order valence-electron chi connectivity index (χ4n) is 2.72. The molecule has 17 heavy (non-hydrogen) atoms. The highest BCUT2D eigenvalue weighted by Crippen LogP contribution is 2.43. The monoisotopic (exact) mass is 227 g/mol. The number of rotatable bonds is 1. The molecule has 0 spiro atoms. The van der Waals surface area contributed by atoms with Crippen molar-refractivity contribution in [2.75, 3.05) is 11.9 Å². The summed E-state index contributed by atoms with van der Waals surface area (Å²) in [6.07, 6.45) is 5.81. The van der Waals surface area contributed by atoms with Crippen LogP contribution in [0.4, 0.5) is 5.69 Å². The van der Waals surface area contributed by atoms with Crippen molar-refractivity contribution in [3.05, 3.63) is 48.5 Å². The second-order valence-electron chi connectivity index (χ2n) is 5.34. The zero-order chi connectivity index (χ0) is 11.9. The van der Waals surface area contributed by atoms with Crippen LogP contribution in [0.2, 0.25) is 0 Å². The van der Waals surface area contributed by atoms with E-state index in [-0.39, 0.29) is 5.41 Å². The highest BCUT2D eigenvalue weighted by molar-refractivity contribution is 5.55. The van der Waals surface area contributed by atoms with Gasteiger partial charge in [0.2, 0.25) is 0 Å². The lowest BCUT2D eigenvalue weighted by Crippen LogP contribution is -2.38. The maximum atomic E-state index is 4.18. The van der Waals surface area contributed by atoms with Gasteiger partial charge < -0.3 is 9.88 Å². The van der Waals surface area contributed by atoms with Crippen molar-refractivity contribution in [1.82, 2.24) is 9.55 Å². The van der Waals surface area contributed by atoms with Gasteiger partial charge in [-0.2, -0.15) is 0 Å². The van der Waals surface area contributed by atoms with Crippen molar-refractivity contribution in [3.63, 3.8) is 0 Å². The van der Waals surface area contributed by atoms with Crippen LogP contribution in [0.1, 0.15) is 25.5 Å². The van der Waals surface area contributed by atoms with Gasteiger partial charge in [0.15, 0.2) is 0 Å². The number of imidazole rings is 1. The first-order valence-corrected chi connectivity index (χ1v) is 5.99. The SMILES string of the molecule is CC1(C)CNc2ccccc2C1n1ccnc1. The largest absolute Gasteiger partial charge is 0.384 e. The molecule has 0 saturated carbocycles. The summed E-state index contributed by atoms with van der Waals surface area (Å²) in [6, 6.07) is 8.88. The van der Waals surface area contributed by atoms with Gasteiger partial charge in [0.1, 0.15) is 0 Å². The summed E-state index contributed by atoms with van der Waals surface area (Å²) < 4.78 is 2.21. The summed E-state index contributed by atoms with van der Waals surface area (Å²) in [5.41, 5.74) is 2.77. The minimum absolute atomic E-state index is 0.176. The second kappa shape index (κ2) is 3.62. The summed E-state index contributed by atoms with van der Waals surface area (Å²) in [5, 5.41) is 3.51. The van der Waals surface area contributed by atoms with E-state index >= 15 is 0 Å². The van der Waals surface area contributed by atoms with E-state index in [0.29, 0.717) is 6.04 Å². The third kappa shape index (κ3) is 1.62. The van der Waals surface area contributed by atoms with Crippen LogP contribution in [0.25, 0.3) is 0 Å². The molecule has 2 heterocycles. The quantitative estimate of drug-likeness (QED) is 0.811. The van der Waals surface area contributed by atoms with E-state index in [1.165, 1.54) is 11.3 Å². The zero-order valence-corrected chi connectivity index (χ0v) is 10.2. The molecule has 0 fully saturated rings. The number of aromatic nitrogens is 2. The molecule has 1 aromatic carbocycles. The Labute approximate surface area is 101 Å². The molecular weight excluding hydrogens is 210 g/mol. The molecule has 1 N–H and O–H groups in total. The molecule has 0 aliphatic carbocycles. The molecule has 1 aromatic heterocycles. The van der Waals surface area contributed by atoms with Gasteiger partial charge in [-0.25, -0.2) is 4.98 Å². The standard InChI is InChI=1S/C14H17N3/c1-14(2)9-16-12-6-4-3-5-11(12)13(14)17-8-7-15-10-17/h3-8,10,13,16H,9H2,1-2H3. The second-order valence-corrected chi connectivity index (χ2v) is 5.34. The molecule has 0 saturated heterocycles. The Hall–Kier alpha value is -1.77. The minimum Gasteiger partial charge on any atom is -0.384 e. The van der Waals surface area contributed by atoms with Crippen molar-refractivity contribution < 1.29 is 0 Å². The van der Waals surface area contributed by atoms with Gasteiger partial charge in [-0.1, -0.05) is 32.0 Å². The highest BCUT2D eigenvalue weighted by Gasteiger charge is 2.36. The minimum atomic E-state index is 0.176. The van der Waals surface area contributed by atoms with Crippen molar-refractivity contribution in [2.24, 2.45) is 5.41 Å². The number of nitrogens with zero attached hydrogens (tertiary/aromatic N) is 2. The van der Waals surface area contributed by atoms with Crippen molar-refractivity contribution in [2.45, 2.75) is 19.9 Å². The smallest absolute Gasteiger partial charge is 0.0951 e. The molecule has 3 nitrogen and oxygen atoms in total. The summed E-state index contributed by atoms with van der Waals surface area (Å²) in [4.78, 5) is 4.18. The lowest BCUT2D eigenvalue weighted by Gasteiger charge is -2.41. The fourth-order valence-corrected chi connectivity index (χ4v) is 2.72. The molecule has 0 amide bonds. The van der Waals surface area contributed by atoms with Gasteiger partial charge in [0.25, 0.3) is 0 Å². The highest BCUT2D eigenvalue weighted by atomic mass is 15.1. The van der Waals surface area contributed by atoms with E-state index in [0.717, 1.165) is 6.54 Å². The predicted molar refractivity (Wildman–Crippen MR) is 69.1 cm³/mol. The number of hydrogen-bond donors (Lipinski definition) is 1. The van der Waals surface area contributed by atoms with Crippen LogP contribution in [0, 0.1) is 5.41 Å². The van der Waals surface area contributed by atoms with Crippen molar-refractivity contribution >= 4 is 5.69 Å². The van der Waals surface area contributed by atoms with Gasteiger partial charge in [0.05, 0.1) is 12.4 Å². The predicted octanol–water partition coefficient (Wildman–Crippen LogP) is 2.92. The Morgan fingerprint density at radius 2 is 2.18 bits per heavy atom. The average Bonchev–Trinajstić information content (AvgIpc) is 2.81. The molecule has 1 aliphatic heterocycles. The maximum absolute atomic E-state index is 4.18. The van der Waals surface area contributed by atoms with Crippen LogP contribution < -0.4 is 5.32 Å². The third-order valence-electron chi connectivity index (χ3n) is 3.55. The lowest BCUT2D eigenvalue weighted by atomic mass is 9.77. The Balaban J connectivity index is 2.16. The van der Waals surface area contributed by atoms with E-state index < -0.39 is 0 Å². The van der Waals surface area contributed by atoms with Gasteiger partial charge in [-0.3, -0.25) is 0 Å². The number of anilines is 1. The molecule has 0 bridgehead atoms. The average molecular weight is 227 g/mol. The molecule has 3 heteroatoms. The third-order valence-corrected chi connectivity index (χ3v) is 3.55. The Morgan fingerprint density at radius 1 is 1.35 bits per heavy atom.